The molecule has 0 aliphatic carbocycles. The molecule has 0 spiro atoms. The van der Waals surface area contributed by atoms with Crippen LogP contribution >= 0.6 is 0 Å². The van der Waals surface area contributed by atoms with Crippen molar-refractivity contribution in [2.45, 2.75) is 6.18 Å². The number of alkyl halides is 3. The summed E-state index contributed by atoms with van der Waals surface area (Å²) in [6, 6.07) is 9.70. The van der Waals surface area contributed by atoms with Gasteiger partial charge in [0, 0.05) is 5.69 Å². The molecule has 7 heteroatoms. The molecule has 21 heavy (non-hydrogen) atoms. The SMILES string of the molecule is Nc1ccc2nc(Oc3ccc(C(F)(F)F)cc3)[nH]c2c1. The normalized spacial score (nSPS) is 11.8. The first-order valence-corrected chi connectivity index (χ1v) is 6.02. The molecule has 3 aromatic rings. The van der Waals surface area contributed by atoms with Crippen LogP contribution in [0.4, 0.5) is 18.9 Å². The first-order valence-electron chi connectivity index (χ1n) is 6.02. The molecule has 0 saturated heterocycles. The van der Waals surface area contributed by atoms with Gasteiger partial charge in [-0.05, 0) is 42.5 Å². The molecule has 3 rings (SSSR count). The van der Waals surface area contributed by atoms with Crippen LogP contribution in [0.1, 0.15) is 5.56 Å². The van der Waals surface area contributed by atoms with Crippen LogP contribution < -0.4 is 10.5 Å². The number of nitrogens with one attached hydrogen (secondary N) is 1. The summed E-state index contributed by atoms with van der Waals surface area (Å²) in [4.78, 5) is 7.06. The first kappa shape index (κ1) is 13.3. The van der Waals surface area contributed by atoms with Gasteiger partial charge in [-0.1, -0.05) is 0 Å². The van der Waals surface area contributed by atoms with Gasteiger partial charge in [-0.2, -0.15) is 18.2 Å². The number of nitrogens with two attached hydrogens (primary N) is 1. The Morgan fingerprint density at radius 2 is 1.76 bits per heavy atom. The van der Waals surface area contributed by atoms with Crippen molar-refractivity contribution in [2.75, 3.05) is 5.73 Å². The van der Waals surface area contributed by atoms with Gasteiger partial charge >= 0.3 is 6.18 Å². The molecule has 4 nitrogen and oxygen atoms in total. The van der Waals surface area contributed by atoms with E-state index in [9.17, 15) is 13.2 Å². The van der Waals surface area contributed by atoms with E-state index >= 15 is 0 Å². The van der Waals surface area contributed by atoms with E-state index in [0.717, 1.165) is 12.1 Å². The number of rotatable bonds is 2. The average Bonchev–Trinajstić information content (AvgIpc) is 2.79. The van der Waals surface area contributed by atoms with Gasteiger partial charge in [0.15, 0.2) is 0 Å². The second kappa shape index (κ2) is 4.69. The van der Waals surface area contributed by atoms with Crippen molar-refractivity contribution in [3.8, 4) is 11.8 Å². The number of aromatic nitrogens is 2. The number of imidazole rings is 1. The zero-order chi connectivity index (χ0) is 15.0. The molecule has 0 fully saturated rings. The van der Waals surface area contributed by atoms with E-state index in [0.29, 0.717) is 16.7 Å². The number of benzene rings is 2. The fourth-order valence-corrected chi connectivity index (χ4v) is 1.88. The highest BCUT2D eigenvalue weighted by Gasteiger charge is 2.30. The molecule has 0 saturated carbocycles. The average molecular weight is 293 g/mol. The number of aromatic amines is 1. The Hall–Kier alpha value is -2.70. The Labute approximate surface area is 117 Å². The summed E-state index contributed by atoms with van der Waals surface area (Å²) in [5, 5.41) is 0. The molecule has 3 N–H and O–H groups in total. The molecular weight excluding hydrogens is 283 g/mol. The van der Waals surface area contributed by atoms with Crippen molar-refractivity contribution in [2.24, 2.45) is 0 Å². The predicted octanol–water partition coefficient (Wildman–Crippen LogP) is 3.96. The zero-order valence-electron chi connectivity index (χ0n) is 10.6. The smallest absolute Gasteiger partial charge is 0.416 e. The molecule has 0 amide bonds. The molecule has 1 heterocycles. The topological polar surface area (TPSA) is 63.9 Å². The van der Waals surface area contributed by atoms with Crippen molar-refractivity contribution >= 4 is 16.7 Å². The molecule has 0 aliphatic heterocycles. The van der Waals surface area contributed by atoms with E-state index < -0.39 is 11.7 Å². The lowest BCUT2D eigenvalue weighted by atomic mass is 10.2. The number of hydrogen-bond acceptors (Lipinski definition) is 3. The van der Waals surface area contributed by atoms with Crippen molar-refractivity contribution in [1.82, 2.24) is 9.97 Å². The maximum absolute atomic E-state index is 12.5. The van der Waals surface area contributed by atoms with Crippen LogP contribution in [-0.2, 0) is 6.18 Å². The van der Waals surface area contributed by atoms with E-state index in [-0.39, 0.29) is 11.8 Å². The van der Waals surface area contributed by atoms with Gasteiger partial charge in [-0.15, -0.1) is 0 Å². The molecule has 0 aliphatic rings. The van der Waals surface area contributed by atoms with Gasteiger partial charge in [-0.3, -0.25) is 0 Å². The highest BCUT2D eigenvalue weighted by Crippen LogP contribution is 2.31. The van der Waals surface area contributed by atoms with Gasteiger partial charge in [-0.25, -0.2) is 0 Å². The monoisotopic (exact) mass is 293 g/mol. The molecule has 0 atom stereocenters. The molecule has 2 aromatic carbocycles. The van der Waals surface area contributed by atoms with Gasteiger partial charge in [0.25, 0.3) is 6.01 Å². The maximum atomic E-state index is 12.5. The summed E-state index contributed by atoms with van der Waals surface area (Å²) in [5.74, 6) is 0.259. The van der Waals surface area contributed by atoms with Crippen molar-refractivity contribution in [1.29, 1.82) is 0 Å². The molecule has 0 radical (unpaired) electrons. The second-order valence-corrected chi connectivity index (χ2v) is 4.44. The summed E-state index contributed by atoms with van der Waals surface area (Å²) in [6.07, 6.45) is -4.37. The predicted molar refractivity (Wildman–Crippen MR) is 72.0 cm³/mol. The van der Waals surface area contributed by atoms with Crippen molar-refractivity contribution < 1.29 is 17.9 Å². The standard InChI is InChI=1S/C14H10F3N3O/c15-14(16,17)8-1-4-10(5-2-8)21-13-19-11-6-3-9(18)7-12(11)20-13/h1-7H,18H2,(H,19,20). The minimum absolute atomic E-state index is 0.190. The van der Waals surface area contributed by atoms with E-state index in [1.807, 2.05) is 0 Å². The Morgan fingerprint density at radius 3 is 2.43 bits per heavy atom. The van der Waals surface area contributed by atoms with Gasteiger partial charge < -0.3 is 15.5 Å². The van der Waals surface area contributed by atoms with Crippen molar-refractivity contribution in [3.63, 3.8) is 0 Å². The fraction of sp³-hybridized carbons (Fsp3) is 0.0714. The molecule has 0 bridgehead atoms. The Balaban J connectivity index is 1.84. The largest absolute Gasteiger partial charge is 0.426 e. The van der Waals surface area contributed by atoms with E-state index in [1.54, 1.807) is 18.2 Å². The zero-order valence-corrected chi connectivity index (χ0v) is 10.6. The number of H-pyrrole nitrogens is 1. The Morgan fingerprint density at radius 1 is 1.05 bits per heavy atom. The third kappa shape index (κ3) is 2.76. The minimum atomic E-state index is -4.37. The summed E-state index contributed by atoms with van der Waals surface area (Å²) in [6.45, 7) is 0. The number of nitrogen functional groups attached to an aromatic ring is 1. The van der Waals surface area contributed by atoms with E-state index in [2.05, 4.69) is 9.97 Å². The summed E-state index contributed by atoms with van der Waals surface area (Å²) >= 11 is 0. The summed E-state index contributed by atoms with van der Waals surface area (Å²) < 4.78 is 42.8. The highest BCUT2D eigenvalue weighted by atomic mass is 19.4. The number of anilines is 1. The van der Waals surface area contributed by atoms with Gasteiger partial charge in [0.1, 0.15) is 5.75 Å². The van der Waals surface area contributed by atoms with E-state index in [4.69, 9.17) is 10.5 Å². The number of ether oxygens (including phenoxy) is 1. The van der Waals surface area contributed by atoms with Crippen molar-refractivity contribution in [3.05, 3.63) is 48.0 Å². The maximum Gasteiger partial charge on any atom is 0.416 e. The molecule has 0 unspecified atom stereocenters. The van der Waals surface area contributed by atoms with Crippen LogP contribution in [0.25, 0.3) is 11.0 Å². The first-order chi connectivity index (χ1) is 9.91. The lowest BCUT2D eigenvalue weighted by Gasteiger charge is -2.07. The van der Waals surface area contributed by atoms with Gasteiger partial charge in [0.05, 0.1) is 16.6 Å². The van der Waals surface area contributed by atoms with Crippen LogP contribution in [-0.4, -0.2) is 9.97 Å². The summed E-state index contributed by atoms with van der Waals surface area (Å²) in [5.41, 5.74) is 6.84. The third-order valence-electron chi connectivity index (χ3n) is 2.88. The van der Waals surface area contributed by atoms with Crippen LogP contribution in [0.2, 0.25) is 0 Å². The molecule has 108 valence electrons. The quantitative estimate of drug-likeness (QED) is 0.703. The van der Waals surface area contributed by atoms with Crippen LogP contribution in [0.15, 0.2) is 42.5 Å². The Bertz CT molecular complexity index is 778. The number of hydrogen-bond donors (Lipinski definition) is 2. The number of fused-ring (bicyclic) bond motifs is 1. The fourth-order valence-electron chi connectivity index (χ4n) is 1.88. The minimum Gasteiger partial charge on any atom is -0.426 e. The number of halogens is 3. The van der Waals surface area contributed by atoms with E-state index in [1.165, 1.54) is 12.1 Å². The van der Waals surface area contributed by atoms with Gasteiger partial charge in [0.2, 0.25) is 0 Å². The Kier molecular flexibility index (Phi) is 2.97. The number of nitrogens with zero attached hydrogens (tertiary/aromatic N) is 1. The second-order valence-electron chi connectivity index (χ2n) is 4.44. The molecule has 1 aromatic heterocycles. The van der Waals surface area contributed by atoms with Crippen LogP contribution in [0.5, 0.6) is 11.8 Å². The lowest BCUT2D eigenvalue weighted by Crippen LogP contribution is -2.04. The highest BCUT2D eigenvalue weighted by molar-refractivity contribution is 5.79. The van der Waals surface area contributed by atoms with Crippen LogP contribution in [0.3, 0.4) is 0 Å². The molecular formula is C14H10F3N3O. The lowest BCUT2D eigenvalue weighted by molar-refractivity contribution is -0.137. The summed E-state index contributed by atoms with van der Waals surface area (Å²) in [7, 11) is 0. The van der Waals surface area contributed by atoms with Crippen LogP contribution in [0, 0.1) is 0 Å². The third-order valence-corrected chi connectivity index (χ3v) is 2.88.